The minimum Gasteiger partial charge on any atom is -0.320 e. The number of aromatic nitrogens is 3. The number of anilines is 1. The zero-order valence-electron chi connectivity index (χ0n) is 13.9. The molecule has 0 radical (unpaired) electrons. The lowest BCUT2D eigenvalue weighted by Gasteiger charge is -2.01. The highest BCUT2D eigenvalue weighted by molar-refractivity contribution is 7.19. The van der Waals surface area contributed by atoms with Gasteiger partial charge in [0.1, 0.15) is 5.01 Å². The van der Waals surface area contributed by atoms with Crippen molar-refractivity contribution in [3.8, 4) is 0 Å². The maximum atomic E-state index is 12.1. The lowest BCUT2D eigenvalue weighted by molar-refractivity contribution is -0.111. The van der Waals surface area contributed by atoms with Crippen molar-refractivity contribution < 1.29 is 4.79 Å². The summed E-state index contributed by atoms with van der Waals surface area (Å²) < 4.78 is 2.90. The molecule has 0 aliphatic heterocycles. The number of benzene rings is 2. The number of carbonyl (C=O) groups excluding carboxylic acids is 1. The second kappa shape index (κ2) is 7.33. The van der Waals surface area contributed by atoms with E-state index >= 15 is 0 Å². The first-order valence-corrected chi connectivity index (χ1v) is 8.99. The van der Waals surface area contributed by atoms with Gasteiger partial charge in [-0.15, -0.1) is 11.3 Å². The lowest BCUT2D eigenvalue weighted by Crippen LogP contribution is -2.07. The van der Waals surface area contributed by atoms with Crippen molar-refractivity contribution in [2.45, 2.75) is 6.54 Å². The number of carbonyl (C=O) groups is 1. The Morgan fingerprint density at radius 1 is 1.12 bits per heavy atom. The molecule has 128 valence electrons. The maximum absolute atomic E-state index is 12.1. The minimum atomic E-state index is -0.205. The number of para-hydroxylation sites is 1. The van der Waals surface area contributed by atoms with E-state index in [9.17, 15) is 4.79 Å². The quantitative estimate of drug-likeness (QED) is 0.543. The summed E-state index contributed by atoms with van der Waals surface area (Å²) in [6.45, 7) is 0.665. The van der Waals surface area contributed by atoms with E-state index in [2.05, 4.69) is 15.4 Å². The van der Waals surface area contributed by atoms with Crippen LogP contribution in [0.3, 0.4) is 0 Å². The van der Waals surface area contributed by atoms with Gasteiger partial charge in [0.25, 0.3) is 0 Å². The number of nitrogens with one attached hydrogen (secondary N) is 1. The average Bonchev–Trinajstić information content (AvgIpc) is 3.27. The van der Waals surface area contributed by atoms with Crippen LogP contribution in [0.25, 0.3) is 16.3 Å². The first-order valence-electron chi connectivity index (χ1n) is 8.17. The molecule has 4 aromatic rings. The van der Waals surface area contributed by atoms with Crippen LogP contribution in [0, 0.1) is 0 Å². The van der Waals surface area contributed by atoms with Crippen molar-refractivity contribution in [2.75, 3.05) is 5.32 Å². The van der Waals surface area contributed by atoms with E-state index < -0.39 is 0 Å². The average molecular weight is 360 g/mol. The number of thiazole rings is 1. The Kier molecular flexibility index (Phi) is 4.57. The fourth-order valence-electron chi connectivity index (χ4n) is 2.58. The van der Waals surface area contributed by atoms with Crippen LogP contribution in [0.2, 0.25) is 0 Å². The van der Waals surface area contributed by atoms with Crippen molar-refractivity contribution in [2.24, 2.45) is 0 Å². The van der Waals surface area contributed by atoms with Gasteiger partial charge >= 0.3 is 0 Å². The normalized spacial score (nSPS) is 11.2. The smallest absolute Gasteiger partial charge is 0.248 e. The molecule has 2 aromatic heterocycles. The number of amides is 1. The van der Waals surface area contributed by atoms with Crippen molar-refractivity contribution in [3.05, 3.63) is 83.6 Å². The Labute approximate surface area is 154 Å². The van der Waals surface area contributed by atoms with Crippen molar-refractivity contribution >= 4 is 39.2 Å². The van der Waals surface area contributed by atoms with Gasteiger partial charge in [-0.2, -0.15) is 5.10 Å². The van der Waals surface area contributed by atoms with Crippen LogP contribution in [0.5, 0.6) is 0 Å². The van der Waals surface area contributed by atoms with Crippen LogP contribution in [-0.2, 0) is 11.3 Å². The molecule has 1 amide bonds. The summed E-state index contributed by atoms with van der Waals surface area (Å²) >= 11 is 1.56. The fraction of sp³-hybridized carbons (Fsp3) is 0.0500. The molecule has 4 rings (SSSR count). The van der Waals surface area contributed by atoms with Crippen LogP contribution in [0.15, 0.2) is 73.1 Å². The van der Waals surface area contributed by atoms with Gasteiger partial charge < -0.3 is 5.32 Å². The van der Waals surface area contributed by atoms with Gasteiger partial charge in [0.15, 0.2) is 0 Å². The van der Waals surface area contributed by atoms with E-state index in [1.165, 1.54) is 6.08 Å². The molecule has 0 bridgehead atoms. The summed E-state index contributed by atoms with van der Waals surface area (Å²) in [7, 11) is 0. The number of nitrogens with zero attached hydrogens (tertiary/aromatic N) is 3. The Morgan fingerprint density at radius 2 is 1.92 bits per heavy atom. The van der Waals surface area contributed by atoms with Crippen LogP contribution < -0.4 is 5.32 Å². The number of hydrogen-bond acceptors (Lipinski definition) is 4. The highest BCUT2D eigenvalue weighted by Gasteiger charge is 2.04. The van der Waals surface area contributed by atoms with Crippen molar-refractivity contribution in [1.29, 1.82) is 0 Å². The van der Waals surface area contributed by atoms with Gasteiger partial charge in [0, 0.05) is 12.3 Å². The molecule has 0 spiro atoms. The number of rotatable bonds is 5. The molecule has 2 heterocycles. The van der Waals surface area contributed by atoms with Crippen LogP contribution in [-0.4, -0.2) is 20.7 Å². The predicted octanol–water partition coefficient (Wildman–Crippen LogP) is 4.19. The Bertz CT molecular complexity index is 1030. The summed E-state index contributed by atoms with van der Waals surface area (Å²) in [5, 5.41) is 7.91. The maximum Gasteiger partial charge on any atom is 0.248 e. The van der Waals surface area contributed by atoms with E-state index in [-0.39, 0.29) is 5.91 Å². The van der Waals surface area contributed by atoms with Crippen LogP contribution >= 0.6 is 11.3 Å². The van der Waals surface area contributed by atoms with E-state index in [0.717, 1.165) is 20.8 Å². The number of hydrogen-bond donors (Lipinski definition) is 1. The monoisotopic (exact) mass is 360 g/mol. The summed E-state index contributed by atoms with van der Waals surface area (Å²) in [6.07, 6.45) is 6.68. The molecule has 0 fully saturated rings. The van der Waals surface area contributed by atoms with Crippen molar-refractivity contribution in [3.63, 3.8) is 0 Å². The third-order valence-corrected chi connectivity index (χ3v) is 4.78. The van der Waals surface area contributed by atoms with Crippen LogP contribution in [0.1, 0.15) is 10.6 Å². The standard InChI is InChI=1S/C20H16N4OS/c25-19(10-11-20-23-17-8-4-5-9-18(17)26-20)22-16-12-21-24(14-16)13-15-6-2-1-3-7-15/h1-12,14H,13H2,(H,22,25)/b11-10+. The minimum absolute atomic E-state index is 0.205. The van der Waals surface area contributed by atoms with Gasteiger partial charge in [0.05, 0.1) is 28.6 Å². The zero-order valence-corrected chi connectivity index (χ0v) is 14.7. The molecule has 1 N–H and O–H groups in total. The molecule has 0 aliphatic rings. The molecule has 0 saturated heterocycles. The third kappa shape index (κ3) is 3.87. The van der Waals surface area contributed by atoms with Gasteiger partial charge in [-0.3, -0.25) is 9.48 Å². The second-order valence-electron chi connectivity index (χ2n) is 5.75. The molecule has 0 atom stereocenters. The summed E-state index contributed by atoms with van der Waals surface area (Å²) in [5.41, 5.74) is 2.77. The molecule has 0 saturated carbocycles. The first-order chi connectivity index (χ1) is 12.8. The van der Waals surface area contributed by atoms with Gasteiger partial charge in [-0.1, -0.05) is 42.5 Å². The largest absolute Gasteiger partial charge is 0.320 e. The highest BCUT2D eigenvalue weighted by atomic mass is 32.1. The van der Waals surface area contributed by atoms with Gasteiger partial charge in [-0.25, -0.2) is 4.98 Å². The SMILES string of the molecule is O=C(/C=C/c1nc2ccccc2s1)Nc1cnn(Cc2ccccc2)c1. The molecule has 0 unspecified atom stereocenters. The molecule has 6 heteroatoms. The van der Waals surface area contributed by atoms with Gasteiger partial charge in [0.2, 0.25) is 5.91 Å². The first kappa shape index (κ1) is 16.2. The number of fused-ring (bicyclic) bond motifs is 1. The van der Waals surface area contributed by atoms with E-state index in [4.69, 9.17) is 0 Å². The lowest BCUT2D eigenvalue weighted by atomic mass is 10.2. The van der Waals surface area contributed by atoms with Gasteiger partial charge in [-0.05, 0) is 23.8 Å². The summed E-state index contributed by atoms with van der Waals surface area (Å²) in [6, 6.07) is 18.0. The third-order valence-electron chi connectivity index (χ3n) is 3.78. The second-order valence-corrected chi connectivity index (χ2v) is 6.82. The molecule has 2 aromatic carbocycles. The fourth-order valence-corrected chi connectivity index (χ4v) is 3.45. The molecule has 5 nitrogen and oxygen atoms in total. The van der Waals surface area contributed by atoms with Crippen LogP contribution in [0.4, 0.5) is 5.69 Å². The van der Waals surface area contributed by atoms with E-state index in [0.29, 0.717) is 12.2 Å². The zero-order chi connectivity index (χ0) is 17.8. The molecular weight excluding hydrogens is 344 g/mol. The molecular formula is C20H16N4OS. The summed E-state index contributed by atoms with van der Waals surface area (Å²) in [5.74, 6) is -0.205. The highest BCUT2D eigenvalue weighted by Crippen LogP contribution is 2.22. The predicted molar refractivity (Wildman–Crippen MR) is 105 cm³/mol. The van der Waals surface area contributed by atoms with E-state index in [1.807, 2.05) is 60.8 Å². The molecule has 26 heavy (non-hydrogen) atoms. The Hall–Kier alpha value is -3.25. The molecule has 0 aliphatic carbocycles. The van der Waals surface area contributed by atoms with E-state index in [1.54, 1.807) is 28.3 Å². The Balaban J connectivity index is 1.38. The van der Waals surface area contributed by atoms with Crippen molar-refractivity contribution in [1.82, 2.24) is 14.8 Å². The summed E-state index contributed by atoms with van der Waals surface area (Å²) in [4.78, 5) is 16.6. The topological polar surface area (TPSA) is 59.8 Å². The Morgan fingerprint density at radius 3 is 2.77 bits per heavy atom.